The Morgan fingerprint density at radius 1 is 1.37 bits per heavy atom. The van der Waals surface area contributed by atoms with E-state index in [0.29, 0.717) is 18.7 Å². The lowest BCUT2D eigenvalue weighted by atomic mass is 10.1. The first-order valence-electron chi connectivity index (χ1n) is 5.92. The number of methoxy groups -OCH3 is 1. The van der Waals surface area contributed by atoms with Crippen LogP contribution in [-0.2, 0) is 16.1 Å². The van der Waals surface area contributed by atoms with Crippen LogP contribution in [0.15, 0.2) is 22.7 Å². The highest BCUT2D eigenvalue weighted by Gasteiger charge is 2.08. The Hall–Kier alpha value is -1.40. The van der Waals surface area contributed by atoms with Crippen molar-refractivity contribution in [1.82, 2.24) is 10.6 Å². The van der Waals surface area contributed by atoms with E-state index in [1.165, 1.54) is 7.11 Å². The summed E-state index contributed by atoms with van der Waals surface area (Å²) >= 11 is 3.39. The topological polar surface area (TPSA) is 67.4 Å². The molecule has 1 aromatic rings. The average Bonchev–Trinajstić information content (AvgIpc) is 2.40. The van der Waals surface area contributed by atoms with Gasteiger partial charge in [-0.15, -0.1) is 0 Å². The molecule has 1 amide bonds. The predicted octanol–water partition coefficient (Wildman–Crippen LogP) is 1.46. The Labute approximate surface area is 120 Å². The third-order valence-electron chi connectivity index (χ3n) is 2.45. The first-order chi connectivity index (χ1) is 9.08. The maximum absolute atomic E-state index is 11.3. The van der Waals surface area contributed by atoms with Gasteiger partial charge in [0.2, 0.25) is 5.91 Å². The molecule has 104 valence electrons. The van der Waals surface area contributed by atoms with Gasteiger partial charge in [-0.1, -0.05) is 22.0 Å². The predicted molar refractivity (Wildman–Crippen MR) is 75.9 cm³/mol. The standard InChI is InChI=1S/C13H17BrN2O3/c1-3-16-12(17)8-15-7-10-5-4-9(6-11(10)14)13(18)19-2/h4-6,15H,3,7-8H2,1-2H3,(H,16,17). The quantitative estimate of drug-likeness (QED) is 0.776. The van der Waals surface area contributed by atoms with Crippen molar-refractivity contribution in [2.24, 2.45) is 0 Å². The van der Waals surface area contributed by atoms with Crippen LogP contribution in [0.1, 0.15) is 22.8 Å². The lowest BCUT2D eigenvalue weighted by Gasteiger charge is -2.08. The molecule has 0 aliphatic carbocycles. The number of carbonyl (C=O) groups is 2. The summed E-state index contributed by atoms with van der Waals surface area (Å²) in [4.78, 5) is 22.6. The molecular weight excluding hydrogens is 312 g/mol. The molecular formula is C13H17BrN2O3. The van der Waals surface area contributed by atoms with Crippen LogP contribution < -0.4 is 10.6 Å². The highest BCUT2D eigenvalue weighted by molar-refractivity contribution is 9.10. The van der Waals surface area contributed by atoms with Gasteiger partial charge < -0.3 is 15.4 Å². The molecule has 0 atom stereocenters. The molecule has 0 aliphatic rings. The second-order valence-electron chi connectivity index (χ2n) is 3.85. The fourth-order valence-electron chi connectivity index (χ4n) is 1.51. The van der Waals surface area contributed by atoms with Gasteiger partial charge in [-0.3, -0.25) is 4.79 Å². The zero-order chi connectivity index (χ0) is 14.3. The number of likely N-dealkylation sites (N-methyl/N-ethyl adjacent to an activating group) is 1. The summed E-state index contributed by atoms with van der Waals surface area (Å²) in [6.07, 6.45) is 0. The fraction of sp³-hybridized carbons (Fsp3) is 0.385. The number of carbonyl (C=O) groups excluding carboxylic acids is 2. The summed E-state index contributed by atoms with van der Waals surface area (Å²) in [5.74, 6) is -0.410. The summed E-state index contributed by atoms with van der Waals surface area (Å²) in [6, 6.07) is 5.22. The van der Waals surface area contributed by atoms with Crippen molar-refractivity contribution in [3.8, 4) is 0 Å². The van der Waals surface area contributed by atoms with Crippen LogP contribution in [-0.4, -0.2) is 32.1 Å². The number of rotatable bonds is 6. The van der Waals surface area contributed by atoms with Crippen LogP contribution >= 0.6 is 15.9 Å². The van der Waals surface area contributed by atoms with Gasteiger partial charge in [0.25, 0.3) is 0 Å². The van der Waals surface area contributed by atoms with Crippen LogP contribution in [0.3, 0.4) is 0 Å². The molecule has 0 radical (unpaired) electrons. The van der Waals surface area contributed by atoms with Crippen molar-refractivity contribution >= 4 is 27.8 Å². The van der Waals surface area contributed by atoms with Crippen LogP contribution in [0.25, 0.3) is 0 Å². The molecule has 0 bridgehead atoms. The third kappa shape index (κ3) is 5.00. The highest BCUT2D eigenvalue weighted by atomic mass is 79.9. The van der Waals surface area contributed by atoms with Gasteiger partial charge in [-0.05, 0) is 24.6 Å². The monoisotopic (exact) mass is 328 g/mol. The second kappa shape index (κ2) is 7.91. The summed E-state index contributed by atoms with van der Waals surface area (Å²) in [5.41, 5.74) is 1.46. The van der Waals surface area contributed by atoms with E-state index in [9.17, 15) is 9.59 Å². The van der Waals surface area contributed by atoms with Gasteiger partial charge in [-0.25, -0.2) is 4.79 Å². The number of benzene rings is 1. The highest BCUT2D eigenvalue weighted by Crippen LogP contribution is 2.19. The molecule has 1 rings (SSSR count). The molecule has 0 saturated carbocycles. The van der Waals surface area contributed by atoms with Crippen molar-refractivity contribution in [3.05, 3.63) is 33.8 Å². The fourth-order valence-corrected chi connectivity index (χ4v) is 2.02. The van der Waals surface area contributed by atoms with Gasteiger partial charge in [0, 0.05) is 17.6 Å². The number of halogens is 1. The summed E-state index contributed by atoms with van der Waals surface area (Å²) < 4.78 is 5.45. The first-order valence-corrected chi connectivity index (χ1v) is 6.72. The van der Waals surface area contributed by atoms with E-state index >= 15 is 0 Å². The Morgan fingerprint density at radius 3 is 2.68 bits per heavy atom. The zero-order valence-electron chi connectivity index (χ0n) is 11.0. The van der Waals surface area contributed by atoms with Crippen LogP contribution in [0.5, 0.6) is 0 Å². The Bertz CT molecular complexity index is 463. The molecule has 0 fully saturated rings. The van der Waals surface area contributed by atoms with Gasteiger partial charge in [0.05, 0.1) is 19.2 Å². The van der Waals surface area contributed by atoms with Crippen molar-refractivity contribution in [1.29, 1.82) is 0 Å². The molecule has 0 unspecified atom stereocenters. The molecule has 1 aromatic carbocycles. The summed E-state index contributed by atoms with van der Waals surface area (Å²) in [6.45, 7) is 3.30. The Balaban J connectivity index is 2.56. The zero-order valence-corrected chi connectivity index (χ0v) is 12.5. The van der Waals surface area contributed by atoms with Crippen molar-refractivity contribution < 1.29 is 14.3 Å². The minimum absolute atomic E-state index is 0.0372. The summed E-state index contributed by atoms with van der Waals surface area (Å²) in [7, 11) is 1.35. The number of hydrogen-bond donors (Lipinski definition) is 2. The molecule has 5 nitrogen and oxygen atoms in total. The molecule has 0 aliphatic heterocycles. The third-order valence-corrected chi connectivity index (χ3v) is 3.19. The molecule has 0 heterocycles. The Kier molecular flexibility index (Phi) is 6.52. The number of amides is 1. The number of ether oxygens (including phenoxy) is 1. The molecule has 0 aromatic heterocycles. The van der Waals surface area contributed by atoms with E-state index in [1.807, 2.05) is 13.0 Å². The van der Waals surface area contributed by atoms with E-state index in [4.69, 9.17) is 0 Å². The average molecular weight is 329 g/mol. The van der Waals surface area contributed by atoms with Gasteiger partial charge >= 0.3 is 5.97 Å². The van der Waals surface area contributed by atoms with E-state index in [1.54, 1.807) is 12.1 Å². The maximum Gasteiger partial charge on any atom is 0.337 e. The van der Waals surface area contributed by atoms with Gasteiger partial charge in [0.15, 0.2) is 0 Å². The van der Waals surface area contributed by atoms with E-state index in [2.05, 4.69) is 31.3 Å². The van der Waals surface area contributed by atoms with Crippen molar-refractivity contribution in [3.63, 3.8) is 0 Å². The van der Waals surface area contributed by atoms with Gasteiger partial charge in [0.1, 0.15) is 0 Å². The van der Waals surface area contributed by atoms with Gasteiger partial charge in [-0.2, -0.15) is 0 Å². The molecule has 0 saturated heterocycles. The molecule has 0 spiro atoms. The molecule has 2 N–H and O–H groups in total. The van der Waals surface area contributed by atoms with Crippen molar-refractivity contribution in [2.75, 3.05) is 20.2 Å². The van der Waals surface area contributed by atoms with Crippen LogP contribution in [0.4, 0.5) is 0 Å². The largest absolute Gasteiger partial charge is 0.465 e. The smallest absolute Gasteiger partial charge is 0.337 e. The molecule has 19 heavy (non-hydrogen) atoms. The second-order valence-corrected chi connectivity index (χ2v) is 4.71. The minimum atomic E-state index is -0.373. The lowest BCUT2D eigenvalue weighted by Crippen LogP contribution is -2.33. The van der Waals surface area contributed by atoms with E-state index in [0.717, 1.165) is 10.0 Å². The normalized spacial score (nSPS) is 10.1. The minimum Gasteiger partial charge on any atom is -0.465 e. The number of esters is 1. The summed E-state index contributed by atoms with van der Waals surface area (Å²) in [5, 5.41) is 5.74. The first kappa shape index (κ1) is 15.7. The van der Waals surface area contributed by atoms with E-state index in [-0.39, 0.29) is 18.4 Å². The number of hydrogen-bond acceptors (Lipinski definition) is 4. The maximum atomic E-state index is 11.3. The van der Waals surface area contributed by atoms with Crippen molar-refractivity contribution in [2.45, 2.75) is 13.5 Å². The van der Waals surface area contributed by atoms with Crippen LogP contribution in [0.2, 0.25) is 0 Å². The van der Waals surface area contributed by atoms with E-state index < -0.39 is 0 Å². The number of nitrogens with one attached hydrogen (secondary N) is 2. The molecule has 6 heteroatoms. The van der Waals surface area contributed by atoms with Crippen LogP contribution in [0, 0.1) is 0 Å². The lowest BCUT2D eigenvalue weighted by molar-refractivity contribution is -0.120. The SMILES string of the molecule is CCNC(=O)CNCc1ccc(C(=O)OC)cc1Br. The Morgan fingerprint density at radius 2 is 2.11 bits per heavy atom.